The van der Waals surface area contributed by atoms with E-state index in [0.717, 1.165) is 22.5 Å². The fourth-order valence-corrected chi connectivity index (χ4v) is 4.34. The van der Waals surface area contributed by atoms with Gasteiger partial charge in [-0.1, -0.05) is 0 Å². The second kappa shape index (κ2) is 7.50. The third-order valence-electron chi connectivity index (χ3n) is 4.24. The Morgan fingerprint density at radius 2 is 2.03 bits per heavy atom. The summed E-state index contributed by atoms with van der Waals surface area (Å²) in [6.45, 7) is 0.963. The van der Waals surface area contributed by atoms with Crippen molar-refractivity contribution in [2.75, 3.05) is 23.2 Å². The number of aliphatic carboxylic acids is 1. The number of nitrogens with zero attached hydrogens (tertiary/aromatic N) is 3. The fourth-order valence-electron chi connectivity index (χ4n) is 2.89. The molecule has 29 heavy (non-hydrogen) atoms. The summed E-state index contributed by atoms with van der Waals surface area (Å²) in [5, 5.41) is 8.79. The molecule has 2 heterocycles. The number of carboxylic acid groups (broad SMARTS) is 1. The highest BCUT2D eigenvalue weighted by atomic mass is 32.2. The lowest BCUT2D eigenvalue weighted by molar-refractivity contribution is -0.140. The summed E-state index contributed by atoms with van der Waals surface area (Å²) in [7, 11) is -3.52. The maximum atomic E-state index is 13.1. The van der Waals surface area contributed by atoms with Crippen molar-refractivity contribution in [3.05, 3.63) is 35.7 Å². The van der Waals surface area contributed by atoms with Crippen LogP contribution in [0.3, 0.4) is 0 Å². The number of carbonyl (C=O) groups is 1. The molecule has 0 spiro atoms. The van der Waals surface area contributed by atoms with Crippen LogP contribution in [0.4, 0.5) is 19.1 Å². The number of ether oxygens (including phenoxy) is 1. The molecule has 1 aliphatic heterocycles. The molecule has 0 amide bonds. The Kier molecular flexibility index (Phi) is 5.39. The summed E-state index contributed by atoms with van der Waals surface area (Å²) < 4.78 is 69.7. The second-order valence-corrected chi connectivity index (χ2v) is 8.31. The van der Waals surface area contributed by atoms with E-state index in [9.17, 15) is 26.4 Å². The van der Waals surface area contributed by atoms with Gasteiger partial charge >= 0.3 is 12.1 Å². The van der Waals surface area contributed by atoms with Crippen LogP contribution >= 0.6 is 0 Å². The summed E-state index contributed by atoms with van der Waals surface area (Å²) in [6, 6.07) is 2.62. The number of hydrogen-bond acceptors (Lipinski definition) is 6. The summed E-state index contributed by atoms with van der Waals surface area (Å²) in [5.74, 6) is -1.48. The molecular weight excluding hydrogens is 415 g/mol. The third-order valence-corrected chi connectivity index (χ3v) is 6.06. The molecule has 0 bridgehead atoms. The predicted molar refractivity (Wildman–Crippen MR) is 96.1 cm³/mol. The van der Waals surface area contributed by atoms with Crippen LogP contribution in [-0.2, 0) is 21.0 Å². The number of anilines is 1. The Hall–Kier alpha value is -2.89. The molecule has 3 rings (SSSR count). The summed E-state index contributed by atoms with van der Waals surface area (Å²) >= 11 is 0. The number of halogens is 3. The molecule has 156 valence electrons. The molecule has 0 aliphatic carbocycles. The van der Waals surface area contributed by atoms with Gasteiger partial charge in [0.15, 0.2) is 6.61 Å². The smallest absolute Gasteiger partial charge is 0.416 e. The number of aryl methyl sites for hydroxylation is 1. The van der Waals surface area contributed by atoms with Crippen LogP contribution in [0.25, 0.3) is 11.1 Å². The first kappa shape index (κ1) is 20.8. The average Bonchev–Trinajstić information content (AvgIpc) is 2.98. The zero-order valence-electron chi connectivity index (χ0n) is 15.1. The van der Waals surface area contributed by atoms with Crippen molar-refractivity contribution in [1.82, 2.24) is 9.97 Å². The van der Waals surface area contributed by atoms with Gasteiger partial charge in [0.1, 0.15) is 5.75 Å². The minimum atomic E-state index is -4.63. The zero-order chi connectivity index (χ0) is 21.4. The second-order valence-electron chi connectivity index (χ2n) is 6.30. The molecule has 1 fully saturated rings. The number of aromatic nitrogens is 2. The van der Waals surface area contributed by atoms with E-state index in [1.807, 2.05) is 0 Å². The van der Waals surface area contributed by atoms with E-state index in [4.69, 9.17) is 9.84 Å². The first-order valence-corrected chi connectivity index (χ1v) is 10.0. The summed E-state index contributed by atoms with van der Waals surface area (Å²) in [5.41, 5.74) is -0.622. The van der Waals surface area contributed by atoms with Gasteiger partial charge in [0.2, 0.25) is 16.0 Å². The minimum Gasteiger partial charge on any atom is -0.481 e. The van der Waals surface area contributed by atoms with Gasteiger partial charge in [-0.15, -0.1) is 0 Å². The molecular formula is C17H16F3N3O5S. The Balaban J connectivity index is 2.07. The molecule has 8 nitrogen and oxygen atoms in total. The van der Waals surface area contributed by atoms with E-state index in [0.29, 0.717) is 6.42 Å². The van der Waals surface area contributed by atoms with Crippen molar-refractivity contribution in [2.24, 2.45) is 0 Å². The van der Waals surface area contributed by atoms with E-state index < -0.39 is 34.3 Å². The lowest BCUT2D eigenvalue weighted by atomic mass is 10.0. The van der Waals surface area contributed by atoms with Crippen LogP contribution in [-0.4, -0.2) is 48.4 Å². The monoisotopic (exact) mass is 431 g/mol. The number of hydrogen-bond donors (Lipinski definition) is 1. The standard InChI is InChI=1S/C17H16F3N3O5S/c1-10-13(8-21-16(22-10)23-5-2-6-29(23,26)27)12-7-11(17(18,19)20)3-4-14(12)28-9-15(24)25/h3-4,7-8H,2,5-6,9H2,1H3,(H,24,25). The lowest BCUT2D eigenvalue weighted by Gasteiger charge is -2.18. The molecule has 1 aromatic carbocycles. The SMILES string of the molecule is Cc1nc(N2CCCS2(=O)=O)ncc1-c1cc(C(F)(F)F)ccc1OCC(=O)O. The molecule has 0 radical (unpaired) electrons. The Bertz CT molecular complexity index is 1060. The molecule has 2 aromatic rings. The van der Waals surface area contributed by atoms with Crippen LogP contribution in [0.5, 0.6) is 5.75 Å². The largest absolute Gasteiger partial charge is 0.481 e. The maximum Gasteiger partial charge on any atom is 0.416 e. The molecule has 1 aliphatic rings. The van der Waals surface area contributed by atoms with Gasteiger partial charge in [-0.3, -0.25) is 0 Å². The molecule has 1 saturated heterocycles. The van der Waals surface area contributed by atoms with Crippen molar-refractivity contribution in [3.63, 3.8) is 0 Å². The first-order chi connectivity index (χ1) is 13.5. The highest BCUT2D eigenvalue weighted by Gasteiger charge is 2.33. The highest BCUT2D eigenvalue weighted by Crippen LogP contribution is 2.38. The van der Waals surface area contributed by atoms with Crippen LogP contribution in [0.1, 0.15) is 17.7 Å². The normalized spacial score (nSPS) is 16.1. The lowest BCUT2D eigenvalue weighted by Crippen LogP contribution is -2.27. The number of rotatable bonds is 5. The van der Waals surface area contributed by atoms with Gasteiger partial charge in [0, 0.05) is 23.9 Å². The summed E-state index contributed by atoms with van der Waals surface area (Å²) in [4.78, 5) is 18.9. The molecule has 0 atom stereocenters. The highest BCUT2D eigenvalue weighted by molar-refractivity contribution is 7.93. The van der Waals surface area contributed by atoms with Crippen LogP contribution in [0.2, 0.25) is 0 Å². The van der Waals surface area contributed by atoms with Crippen molar-refractivity contribution < 1.29 is 36.2 Å². The van der Waals surface area contributed by atoms with Gasteiger partial charge in [-0.05, 0) is 31.5 Å². The van der Waals surface area contributed by atoms with Crippen molar-refractivity contribution in [1.29, 1.82) is 0 Å². The molecule has 1 aromatic heterocycles. The van der Waals surface area contributed by atoms with Crippen molar-refractivity contribution in [3.8, 4) is 16.9 Å². The topological polar surface area (TPSA) is 110 Å². The van der Waals surface area contributed by atoms with Crippen molar-refractivity contribution in [2.45, 2.75) is 19.5 Å². The van der Waals surface area contributed by atoms with E-state index in [2.05, 4.69) is 9.97 Å². The Labute approximate surface area is 164 Å². The molecule has 1 N–H and O–H groups in total. The summed E-state index contributed by atoms with van der Waals surface area (Å²) in [6.07, 6.45) is -3.00. The number of alkyl halides is 3. The van der Waals surface area contributed by atoms with Gasteiger partial charge in [-0.25, -0.2) is 27.5 Å². The van der Waals surface area contributed by atoms with Gasteiger partial charge in [-0.2, -0.15) is 13.2 Å². The predicted octanol–water partition coefficient (Wildman–Crippen LogP) is 2.47. The molecule has 0 unspecified atom stereocenters. The van der Waals surface area contributed by atoms with Crippen molar-refractivity contribution >= 4 is 21.9 Å². The van der Waals surface area contributed by atoms with E-state index in [1.54, 1.807) is 0 Å². The fraction of sp³-hybridized carbons (Fsp3) is 0.353. The average molecular weight is 431 g/mol. The minimum absolute atomic E-state index is 0.0298. The van der Waals surface area contributed by atoms with Gasteiger partial charge < -0.3 is 9.84 Å². The zero-order valence-corrected chi connectivity index (χ0v) is 15.9. The van der Waals surface area contributed by atoms with Crippen LogP contribution in [0, 0.1) is 6.92 Å². The first-order valence-electron chi connectivity index (χ1n) is 8.39. The maximum absolute atomic E-state index is 13.1. The number of sulfonamides is 1. The quantitative estimate of drug-likeness (QED) is 0.774. The number of benzene rings is 1. The van der Waals surface area contributed by atoms with Gasteiger partial charge in [0.25, 0.3) is 0 Å². The third kappa shape index (κ3) is 4.42. The number of carboxylic acids is 1. The Morgan fingerprint density at radius 3 is 2.59 bits per heavy atom. The van der Waals surface area contributed by atoms with Gasteiger partial charge in [0.05, 0.1) is 17.0 Å². The van der Waals surface area contributed by atoms with E-state index in [-0.39, 0.29) is 40.8 Å². The van der Waals surface area contributed by atoms with E-state index in [1.165, 1.54) is 13.1 Å². The Morgan fingerprint density at radius 1 is 1.31 bits per heavy atom. The van der Waals surface area contributed by atoms with Crippen LogP contribution in [0.15, 0.2) is 24.4 Å². The van der Waals surface area contributed by atoms with E-state index >= 15 is 0 Å². The molecule has 12 heteroatoms. The molecule has 0 saturated carbocycles. The van der Waals surface area contributed by atoms with Crippen LogP contribution < -0.4 is 9.04 Å².